The van der Waals surface area contributed by atoms with Crippen molar-refractivity contribution in [1.29, 1.82) is 0 Å². The van der Waals surface area contributed by atoms with E-state index in [1.165, 1.54) is 10.8 Å². The number of nitrogens with one attached hydrogen (secondary N) is 5. The van der Waals surface area contributed by atoms with Gasteiger partial charge in [-0.25, -0.2) is 14.4 Å². The number of aromatic amines is 1. The molecule has 4 aromatic carbocycles. The highest BCUT2D eigenvalue weighted by atomic mass is 16.6. The zero-order chi connectivity index (χ0) is 54.6. The minimum atomic E-state index is -1.37. The lowest BCUT2D eigenvalue weighted by Gasteiger charge is -2.36. The number of rotatable bonds is 25. The monoisotopic (exact) mass is 1040 g/mol. The average Bonchev–Trinajstić information content (AvgIpc) is 3.89. The number of ether oxygens (including phenoxy) is 5. The molecule has 1 aromatic heterocycles. The number of benzene rings is 4. The highest BCUT2D eigenvalue weighted by Gasteiger charge is 2.39. The van der Waals surface area contributed by atoms with Crippen molar-refractivity contribution >= 4 is 35.9 Å². The molecule has 0 fully saturated rings. The Bertz CT molecular complexity index is 2730. The van der Waals surface area contributed by atoms with Crippen LogP contribution in [0.15, 0.2) is 149 Å². The highest BCUT2D eigenvalue weighted by Crippen LogP contribution is 2.22. The molecule has 2 heterocycles. The van der Waals surface area contributed by atoms with Gasteiger partial charge >= 0.3 is 29.8 Å². The van der Waals surface area contributed by atoms with Crippen LogP contribution in [0.5, 0.6) is 0 Å². The third-order valence-corrected chi connectivity index (χ3v) is 12.3. The number of H-pyrrole nitrogens is 1. The Morgan fingerprint density at radius 1 is 0.579 bits per heavy atom. The minimum Gasteiger partial charge on any atom is -0.463 e. The lowest BCUT2D eigenvalue weighted by molar-refractivity contribution is -0.158. The van der Waals surface area contributed by atoms with Gasteiger partial charge in [0.1, 0.15) is 44.1 Å². The molecule has 0 saturated heterocycles. The van der Waals surface area contributed by atoms with E-state index in [0.717, 1.165) is 11.1 Å². The van der Waals surface area contributed by atoms with Gasteiger partial charge in [0.25, 0.3) is 5.56 Å². The first-order valence-electron chi connectivity index (χ1n) is 25.2. The van der Waals surface area contributed by atoms with E-state index >= 15 is 0 Å². The molecule has 6 atom stereocenters. The summed E-state index contributed by atoms with van der Waals surface area (Å²) in [6, 6.07) is 31.7. The van der Waals surface area contributed by atoms with E-state index < -0.39 is 114 Å². The van der Waals surface area contributed by atoms with Crippen LogP contribution in [0.25, 0.3) is 0 Å². The third kappa shape index (κ3) is 17.7. The third-order valence-electron chi connectivity index (χ3n) is 12.3. The molecule has 0 bridgehead atoms. The maximum absolute atomic E-state index is 14.6. The Labute approximate surface area is 440 Å². The van der Waals surface area contributed by atoms with Crippen LogP contribution in [-0.4, -0.2) is 88.5 Å². The molecule has 19 heteroatoms. The first kappa shape index (κ1) is 57.0. The van der Waals surface area contributed by atoms with Gasteiger partial charge in [0.05, 0.1) is 24.9 Å². The molecule has 0 radical (unpaired) electrons. The Balaban J connectivity index is 1.26. The Hall–Kier alpha value is -8.32. The van der Waals surface area contributed by atoms with Gasteiger partial charge in [0.2, 0.25) is 11.8 Å². The molecule has 5 aromatic rings. The zero-order valence-electron chi connectivity index (χ0n) is 43.2. The summed E-state index contributed by atoms with van der Waals surface area (Å²) < 4.78 is 29.9. The number of aryl methyl sites for hydroxylation is 1. The largest absolute Gasteiger partial charge is 0.463 e. The second-order valence-electron chi connectivity index (χ2n) is 19.0. The van der Waals surface area contributed by atoms with E-state index in [1.54, 1.807) is 95.3 Å². The Morgan fingerprint density at radius 3 is 1.46 bits per heavy atom. The SMILES string of the molecule is Cc1cn([C@H]2C=C[C@@H](COC(=O)CCC(=O)OC([C@H](Cc3ccccc3)NC(=O)[C@@H](NC(=O)OCc3ccccc3)C(C)C)[C@H](Cc3ccccc3)NC(=O)[C@@H](NC(=O)OCc3ccccc3)C(C)C)O2)c(=O)[nH]c1=O. The average molecular weight is 1040 g/mol. The van der Waals surface area contributed by atoms with Crippen molar-refractivity contribution in [1.82, 2.24) is 30.8 Å². The predicted molar refractivity (Wildman–Crippen MR) is 280 cm³/mol. The van der Waals surface area contributed by atoms with Crippen LogP contribution in [0, 0.1) is 18.8 Å². The summed E-state index contributed by atoms with van der Waals surface area (Å²) in [5, 5.41) is 11.5. The van der Waals surface area contributed by atoms with Crippen molar-refractivity contribution in [3.05, 3.63) is 188 Å². The van der Waals surface area contributed by atoms with E-state index in [0.29, 0.717) is 16.7 Å². The van der Waals surface area contributed by atoms with E-state index in [9.17, 15) is 38.4 Å². The van der Waals surface area contributed by atoms with Gasteiger partial charge in [0.15, 0.2) is 6.23 Å². The molecule has 4 amide bonds. The van der Waals surface area contributed by atoms with E-state index in [-0.39, 0.29) is 32.7 Å². The molecule has 1 aliphatic heterocycles. The quantitative estimate of drug-likeness (QED) is 0.0260. The Kier molecular flexibility index (Phi) is 21.3. The second kappa shape index (κ2) is 28.4. The normalized spacial score (nSPS) is 15.5. The molecular formula is C57H66N6O13. The lowest BCUT2D eigenvalue weighted by atomic mass is 9.90. The van der Waals surface area contributed by atoms with Crippen molar-refractivity contribution in [2.24, 2.45) is 11.8 Å². The van der Waals surface area contributed by atoms with Crippen molar-refractivity contribution < 1.29 is 52.5 Å². The number of nitrogens with zero attached hydrogens (tertiary/aromatic N) is 1. The molecule has 76 heavy (non-hydrogen) atoms. The molecule has 0 saturated carbocycles. The van der Waals surface area contributed by atoms with Crippen molar-refractivity contribution in [3.8, 4) is 0 Å². The van der Waals surface area contributed by atoms with Crippen LogP contribution in [0.2, 0.25) is 0 Å². The molecule has 0 aliphatic carbocycles. The number of hydrogen-bond donors (Lipinski definition) is 5. The van der Waals surface area contributed by atoms with Gasteiger partial charge in [0, 0.05) is 11.8 Å². The zero-order valence-corrected chi connectivity index (χ0v) is 43.2. The number of esters is 2. The fourth-order valence-electron chi connectivity index (χ4n) is 8.26. The maximum Gasteiger partial charge on any atom is 0.408 e. The number of amides is 4. The fourth-order valence-corrected chi connectivity index (χ4v) is 8.26. The smallest absolute Gasteiger partial charge is 0.408 e. The van der Waals surface area contributed by atoms with Crippen molar-refractivity contribution in [2.75, 3.05) is 6.61 Å². The number of carbonyl (C=O) groups excluding carboxylic acids is 6. The highest BCUT2D eigenvalue weighted by molar-refractivity contribution is 5.87. The molecule has 6 rings (SSSR count). The molecule has 0 spiro atoms. The van der Waals surface area contributed by atoms with Crippen LogP contribution in [0.4, 0.5) is 9.59 Å². The first-order chi connectivity index (χ1) is 36.5. The van der Waals surface area contributed by atoms with Crippen molar-refractivity contribution in [3.63, 3.8) is 0 Å². The van der Waals surface area contributed by atoms with Crippen LogP contribution < -0.4 is 32.5 Å². The van der Waals surface area contributed by atoms with E-state index in [2.05, 4.69) is 26.3 Å². The molecule has 19 nitrogen and oxygen atoms in total. The van der Waals surface area contributed by atoms with E-state index in [4.69, 9.17) is 23.7 Å². The van der Waals surface area contributed by atoms with E-state index in [1.807, 2.05) is 72.8 Å². The van der Waals surface area contributed by atoms with Crippen LogP contribution in [-0.2, 0) is 68.9 Å². The topological polar surface area (TPSA) is 252 Å². The number of aromatic nitrogens is 2. The summed E-state index contributed by atoms with van der Waals surface area (Å²) in [6.45, 7) is 8.17. The summed E-state index contributed by atoms with van der Waals surface area (Å²) in [5.41, 5.74) is 2.00. The second-order valence-corrected chi connectivity index (χ2v) is 19.0. The van der Waals surface area contributed by atoms with Crippen LogP contribution >= 0.6 is 0 Å². The van der Waals surface area contributed by atoms with Gasteiger partial charge in [-0.3, -0.25) is 33.5 Å². The first-order valence-corrected chi connectivity index (χ1v) is 25.2. The summed E-state index contributed by atoms with van der Waals surface area (Å²) in [4.78, 5) is 110. The standard InChI is InChI=1S/C57H66N6O13/c1-36(2)49(60-56(70)73-33-41-22-14-8-15-23-41)53(67)58-44(30-39-18-10-6-11-19-39)51(76-48(65)29-28-47(64)72-35-43-26-27-46(75-43)63-32-38(5)52(66)62-55(63)69)45(31-40-20-12-7-13-21-40)59-54(68)50(37(3)4)61-57(71)74-34-42-24-16-9-17-25-42/h6-27,32,36-37,43-46,49-51H,28-31,33-35H2,1-5H3,(H,58,67)(H,59,68)(H,60,70)(H,61,71)(H,62,66,69)/t43-,44-,45-,46+,49-,50-/m0/s1. The molecule has 1 aliphatic rings. The summed E-state index contributed by atoms with van der Waals surface area (Å²) >= 11 is 0. The van der Waals surface area contributed by atoms with Crippen molar-refractivity contribution in [2.45, 2.75) is 116 Å². The maximum atomic E-state index is 14.6. The fraction of sp³-hybridized carbons (Fsp3) is 0.368. The molecule has 0 unspecified atom stereocenters. The summed E-state index contributed by atoms with van der Waals surface area (Å²) in [7, 11) is 0. The number of carbonyl (C=O) groups is 6. The number of hydrogen-bond acceptors (Lipinski definition) is 13. The van der Waals surface area contributed by atoms with Crippen LogP contribution in [0.3, 0.4) is 0 Å². The summed E-state index contributed by atoms with van der Waals surface area (Å²) in [5.74, 6) is -3.88. The molecule has 402 valence electrons. The Morgan fingerprint density at radius 2 is 1.01 bits per heavy atom. The molecular weight excluding hydrogens is 977 g/mol. The van der Waals surface area contributed by atoms with Gasteiger partial charge in [-0.15, -0.1) is 0 Å². The van der Waals surface area contributed by atoms with Gasteiger partial charge in [-0.1, -0.05) is 155 Å². The lowest BCUT2D eigenvalue weighted by Crippen LogP contribution is -2.62. The molecule has 5 N–H and O–H groups in total. The van der Waals surface area contributed by atoms with Gasteiger partial charge in [-0.05, 0) is 59.9 Å². The predicted octanol–water partition coefficient (Wildman–Crippen LogP) is 5.89. The van der Waals surface area contributed by atoms with Gasteiger partial charge in [-0.2, -0.15) is 0 Å². The van der Waals surface area contributed by atoms with Crippen LogP contribution in [0.1, 0.15) is 74.6 Å². The minimum absolute atomic E-state index is 0.0501. The summed E-state index contributed by atoms with van der Waals surface area (Å²) in [6.07, 6.45) is -0.956. The van der Waals surface area contributed by atoms with Gasteiger partial charge < -0.3 is 45.0 Å². The number of alkyl carbamates (subject to hydrolysis) is 2.